The molecule has 2 N–H and O–H groups in total. The van der Waals surface area contributed by atoms with Gasteiger partial charge in [0.25, 0.3) is 0 Å². The first-order chi connectivity index (χ1) is 6.16. The number of carbonyl (C=O) groups excluding carboxylic acids is 1. The van der Waals surface area contributed by atoms with Crippen molar-refractivity contribution in [3.63, 3.8) is 0 Å². The molecular formula is C7H8ClN3O2. The van der Waals surface area contributed by atoms with E-state index in [1.807, 2.05) is 0 Å². The van der Waals surface area contributed by atoms with Crippen molar-refractivity contribution in [3.05, 3.63) is 17.2 Å². The number of nitrogens with two attached hydrogens (primary N) is 1. The fourth-order valence-corrected chi connectivity index (χ4v) is 0.869. The van der Waals surface area contributed by atoms with Crippen LogP contribution < -0.4 is 5.73 Å². The molecule has 0 saturated carbocycles. The van der Waals surface area contributed by atoms with Crippen molar-refractivity contribution < 1.29 is 9.53 Å². The van der Waals surface area contributed by atoms with E-state index in [-0.39, 0.29) is 23.1 Å². The van der Waals surface area contributed by atoms with Crippen LogP contribution >= 0.6 is 11.6 Å². The van der Waals surface area contributed by atoms with Crippen molar-refractivity contribution in [2.24, 2.45) is 0 Å². The first-order valence-electron chi connectivity index (χ1n) is 3.60. The van der Waals surface area contributed by atoms with Crippen LogP contribution in [0.2, 0.25) is 5.15 Å². The van der Waals surface area contributed by atoms with Crippen molar-refractivity contribution in [2.75, 3.05) is 12.3 Å². The number of hydrogen-bond donors (Lipinski definition) is 1. The Hall–Kier alpha value is -1.36. The third kappa shape index (κ3) is 2.06. The van der Waals surface area contributed by atoms with E-state index in [1.165, 1.54) is 0 Å². The van der Waals surface area contributed by atoms with Gasteiger partial charge in [-0.25, -0.2) is 14.8 Å². The van der Waals surface area contributed by atoms with Crippen molar-refractivity contribution in [2.45, 2.75) is 6.92 Å². The topological polar surface area (TPSA) is 78.1 Å². The van der Waals surface area contributed by atoms with Gasteiger partial charge in [-0.15, -0.1) is 0 Å². The molecule has 0 fully saturated rings. The van der Waals surface area contributed by atoms with E-state index in [9.17, 15) is 4.79 Å². The average Bonchev–Trinajstić information content (AvgIpc) is 2.10. The highest BCUT2D eigenvalue weighted by molar-refractivity contribution is 6.32. The number of anilines is 1. The molecule has 0 aromatic carbocycles. The smallest absolute Gasteiger partial charge is 0.359 e. The van der Waals surface area contributed by atoms with Crippen molar-refractivity contribution in [1.82, 2.24) is 9.97 Å². The van der Waals surface area contributed by atoms with E-state index in [2.05, 4.69) is 9.97 Å². The summed E-state index contributed by atoms with van der Waals surface area (Å²) < 4.78 is 4.70. The number of hydrogen-bond acceptors (Lipinski definition) is 5. The Morgan fingerprint density at radius 1 is 1.69 bits per heavy atom. The van der Waals surface area contributed by atoms with Crippen LogP contribution in [0.4, 0.5) is 5.69 Å². The Bertz CT molecular complexity index is 330. The van der Waals surface area contributed by atoms with Gasteiger partial charge in [-0.1, -0.05) is 11.6 Å². The van der Waals surface area contributed by atoms with Gasteiger partial charge < -0.3 is 10.5 Å². The summed E-state index contributed by atoms with van der Waals surface area (Å²) in [4.78, 5) is 18.4. The highest BCUT2D eigenvalue weighted by atomic mass is 35.5. The van der Waals surface area contributed by atoms with Gasteiger partial charge in [0.2, 0.25) is 0 Å². The zero-order valence-corrected chi connectivity index (χ0v) is 7.71. The molecule has 0 aliphatic carbocycles. The molecule has 0 saturated heterocycles. The summed E-state index contributed by atoms with van der Waals surface area (Å²) in [5.41, 5.74) is 5.50. The lowest BCUT2D eigenvalue weighted by molar-refractivity contribution is 0.0520. The summed E-state index contributed by atoms with van der Waals surface area (Å²) in [6, 6.07) is 0. The van der Waals surface area contributed by atoms with Gasteiger partial charge in [0, 0.05) is 0 Å². The predicted octanol–water partition coefficient (Wildman–Crippen LogP) is 0.889. The van der Waals surface area contributed by atoms with Crippen LogP contribution in [0, 0.1) is 0 Å². The van der Waals surface area contributed by atoms with Crippen molar-refractivity contribution in [3.8, 4) is 0 Å². The summed E-state index contributed by atoms with van der Waals surface area (Å²) >= 11 is 5.57. The largest absolute Gasteiger partial charge is 0.461 e. The minimum Gasteiger partial charge on any atom is -0.461 e. The van der Waals surface area contributed by atoms with Crippen LogP contribution in [-0.4, -0.2) is 22.5 Å². The van der Waals surface area contributed by atoms with Gasteiger partial charge in [0.1, 0.15) is 12.0 Å². The molecule has 5 nitrogen and oxygen atoms in total. The lowest BCUT2D eigenvalue weighted by Crippen LogP contribution is -2.11. The maximum Gasteiger partial charge on any atom is 0.359 e. The van der Waals surface area contributed by atoms with Crippen LogP contribution in [0.1, 0.15) is 17.4 Å². The molecular weight excluding hydrogens is 194 g/mol. The van der Waals surface area contributed by atoms with E-state index in [0.717, 1.165) is 6.33 Å². The summed E-state index contributed by atoms with van der Waals surface area (Å²) in [6.07, 6.45) is 1.16. The summed E-state index contributed by atoms with van der Waals surface area (Å²) in [6.45, 7) is 1.96. The molecule has 1 aromatic heterocycles. The number of ether oxygens (including phenoxy) is 1. The summed E-state index contributed by atoms with van der Waals surface area (Å²) in [5, 5.41) is 0.0538. The first-order valence-corrected chi connectivity index (χ1v) is 3.97. The number of carbonyl (C=O) groups is 1. The maximum absolute atomic E-state index is 11.2. The van der Waals surface area contributed by atoms with E-state index in [1.54, 1.807) is 6.92 Å². The molecule has 0 aliphatic rings. The fourth-order valence-electron chi connectivity index (χ4n) is 0.736. The van der Waals surface area contributed by atoms with Crippen LogP contribution in [0.25, 0.3) is 0 Å². The second kappa shape index (κ2) is 4.04. The van der Waals surface area contributed by atoms with Gasteiger partial charge in [-0.3, -0.25) is 0 Å². The number of nitrogens with zero attached hydrogens (tertiary/aromatic N) is 2. The number of aromatic nitrogens is 2. The van der Waals surface area contributed by atoms with E-state index in [4.69, 9.17) is 22.1 Å². The highest BCUT2D eigenvalue weighted by Crippen LogP contribution is 2.17. The molecule has 13 heavy (non-hydrogen) atoms. The second-order valence-electron chi connectivity index (χ2n) is 2.15. The normalized spacial score (nSPS) is 9.69. The molecule has 0 radical (unpaired) electrons. The van der Waals surface area contributed by atoms with Crippen LogP contribution in [0.15, 0.2) is 6.33 Å². The first kappa shape index (κ1) is 9.73. The van der Waals surface area contributed by atoms with E-state index in [0.29, 0.717) is 0 Å². The lowest BCUT2D eigenvalue weighted by Gasteiger charge is -2.03. The number of halogens is 1. The monoisotopic (exact) mass is 201 g/mol. The van der Waals surface area contributed by atoms with Gasteiger partial charge in [0.05, 0.1) is 6.61 Å². The Kier molecular flexibility index (Phi) is 3.02. The van der Waals surface area contributed by atoms with Crippen LogP contribution in [0.5, 0.6) is 0 Å². The number of nitrogen functional groups attached to an aromatic ring is 1. The molecule has 0 amide bonds. The molecule has 0 aliphatic heterocycles. The van der Waals surface area contributed by atoms with E-state index < -0.39 is 5.97 Å². The fraction of sp³-hybridized carbons (Fsp3) is 0.286. The zero-order valence-electron chi connectivity index (χ0n) is 6.95. The maximum atomic E-state index is 11.2. The molecule has 1 rings (SSSR count). The van der Waals surface area contributed by atoms with Gasteiger partial charge in [-0.2, -0.15) is 0 Å². The molecule has 1 heterocycles. The highest BCUT2D eigenvalue weighted by Gasteiger charge is 2.14. The standard InChI is InChI=1S/C7H8ClN3O2/c1-2-13-7(12)5-4(9)6(8)11-3-10-5/h3H,2,9H2,1H3. The van der Waals surface area contributed by atoms with Gasteiger partial charge in [-0.05, 0) is 6.92 Å². The Balaban J connectivity index is 3.01. The molecule has 1 aromatic rings. The zero-order chi connectivity index (χ0) is 9.84. The molecule has 0 spiro atoms. The van der Waals surface area contributed by atoms with Crippen LogP contribution in [-0.2, 0) is 4.74 Å². The molecule has 0 unspecified atom stereocenters. The predicted molar refractivity (Wildman–Crippen MR) is 47.4 cm³/mol. The number of esters is 1. The summed E-state index contributed by atoms with van der Waals surface area (Å²) in [7, 11) is 0. The van der Waals surface area contributed by atoms with Crippen molar-refractivity contribution in [1.29, 1.82) is 0 Å². The molecule has 0 atom stereocenters. The Labute approximate surface area is 79.9 Å². The quantitative estimate of drug-likeness (QED) is 0.568. The van der Waals surface area contributed by atoms with Crippen molar-refractivity contribution >= 4 is 23.3 Å². The molecule has 0 bridgehead atoms. The second-order valence-corrected chi connectivity index (χ2v) is 2.51. The minimum atomic E-state index is -0.593. The lowest BCUT2D eigenvalue weighted by atomic mass is 10.3. The Morgan fingerprint density at radius 2 is 2.38 bits per heavy atom. The van der Waals surface area contributed by atoms with Crippen LogP contribution in [0.3, 0.4) is 0 Å². The van der Waals surface area contributed by atoms with E-state index >= 15 is 0 Å². The minimum absolute atomic E-state index is 0.00171. The molecule has 70 valence electrons. The average molecular weight is 202 g/mol. The summed E-state index contributed by atoms with van der Waals surface area (Å²) in [5.74, 6) is -0.593. The third-order valence-electron chi connectivity index (χ3n) is 1.30. The SMILES string of the molecule is CCOC(=O)c1ncnc(Cl)c1N. The number of rotatable bonds is 2. The Morgan fingerprint density at radius 3 is 3.00 bits per heavy atom. The van der Waals surface area contributed by atoms with Gasteiger partial charge >= 0.3 is 5.97 Å². The molecule has 6 heteroatoms. The third-order valence-corrected chi connectivity index (χ3v) is 1.61. The van der Waals surface area contributed by atoms with Gasteiger partial charge in [0.15, 0.2) is 10.8 Å².